The molecule has 0 aliphatic carbocycles. The highest BCUT2D eigenvalue weighted by Crippen LogP contribution is 2.28. The van der Waals surface area contributed by atoms with Crippen LogP contribution in [0.1, 0.15) is 30.4 Å². The molecule has 14 heavy (non-hydrogen) atoms. The summed E-state index contributed by atoms with van der Waals surface area (Å²) < 4.78 is 10.8. The molecular formula is C11H17NO2. The van der Waals surface area contributed by atoms with Crippen LogP contribution in [0.4, 0.5) is 0 Å². The molecule has 0 bridgehead atoms. The minimum absolute atomic E-state index is 0.0348. The van der Waals surface area contributed by atoms with E-state index in [0.717, 1.165) is 37.6 Å². The number of nitrogens with two attached hydrogens (primary N) is 1. The molecule has 3 nitrogen and oxygen atoms in total. The summed E-state index contributed by atoms with van der Waals surface area (Å²) in [5, 5.41) is 0. The first-order valence-electron chi connectivity index (χ1n) is 5.17. The average Bonchev–Trinajstić information content (AvgIpc) is 2.65. The molecule has 1 saturated heterocycles. The Balaban J connectivity index is 2.03. The molecule has 1 aliphatic rings. The third kappa shape index (κ3) is 1.99. The molecule has 0 spiro atoms. The van der Waals surface area contributed by atoms with Crippen LogP contribution in [0.25, 0.3) is 0 Å². The summed E-state index contributed by atoms with van der Waals surface area (Å²) in [6.07, 6.45) is 2.09. The zero-order valence-electron chi connectivity index (χ0n) is 8.53. The fourth-order valence-corrected chi connectivity index (χ4v) is 1.94. The zero-order valence-corrected chi connectivity index (χ0v) is 8.53. The third-order valence-corrected chi connectivity index (χ3v) is 2.86. The molecule has 2 N–H and O–H groups in total. The van der Waals surface area contributed by atoms with Gasteiger partial charge in [-0.1, -0.05) is 0 Å². The van der Waals surface area contributed by atoms with Gasteiger partial charge in [0.05, 0.1) is 6.04 Å². The highest BCUT2D eigenvalue weighted by Gasteiger charge is 2.24. The van der Waals surface area contributed by atoms with Gasteiger partial charge in [-0.25, -0.2) is 0 Å². The predicted octanol–water partition coefficient (Wildman–Crippen LogP) is 2.01. The van der Waals surface area contributed by atoms with Gasteiger partial charge in [-0.3, -0.25) is 0 Å². The van der Waals surface area contributed by atoms with Crippen molar-refractivity contribution in [2.24, 2.45) is 11.7 Å². The van der Waals surface area contributed by atoms with E-state index in [4.69, 9.17) is 14.9 Å². The summed E-state index contributed by atoms with van der Waals surface area (Å²) in [5.41, 5.74) is 6.13. The van der Waals surface area contributed by atoms with Gasteiger partial charge in [-0.05, 0) is 37.8 Å². The summed E-state index contributed by atoms with van der Waals surface area (Å²) >= 11 is 0. The van der Waals surface area contributed by atoms with Gasteiger partial charge in [-0.2, -0.15) is 0 Å². The first kappa shape index (κ1) is 9.74. The first-order valence-corrected chi connectivity index (χ1v) is 5.17. The lowest BCUT2D eigenvalue weighted by atomic mass is 9.91. The van der Waals surface area contributed by atoms with E-state index in [2.05, 4.69) is 0 Å². The summed E-state index contributed by atoms with van der Waals surface area (Å²) in [5.74, 6) is 2.35. The second-order valence-corrected chi connectivity index (χ2v) is 3.92. The van der Waals surface area contributed by atoms with E-state index >= 15 is 0 Å². The van der Waals surface area contributed by atoms with Crippen LogP contribution in [0.15, 0.2) is 16.5 Å². The second-order valence-electron chi connectivity index (χ2n) is 3.92. The van der Waals surface area contributed by atoms with E-state index in [-0.39, 0.29) is 6.04 Å². The number of rotatable bonds is 2. The van der Waals surface area contributed by atoms with Gasteiger partial charge >= 0.3 is 0 Å². The Bertz CT molecular complexity index is 289. The topological polar surface area (TPSA) is 48.4 Å². The fourth-order valence-electron chi connectivity index (χ4n) is 1.94. The molecule has 1 aromatic heterocycles. The zero-order chi connectivity index (χ0) is 9.97. The van der Waals surface area contributed by atoms with Gasteiger partial charge in [0.1, 0.15) is 11.5 Å². The highest BCUT2D eigenvalue weighted by atomic mass is 16.5. The molecule has 3 heteroatoms. The lowest BCUT2D eigenvalue weighted by molar-refractivity contribution is 0.0559. The number of ether oxygens (including phenoxy) is 1. The van der Waals surface area contributed by atoms with E-state index in [1.165, 1.54) is 0 Å². The molecule has 2 rings (SSSR count). The van der Waals surface area contributed by atoms with Gasteiger partial charge in [0.2, 0.25) is 0 Å². The third-order valence-electron chi connectivity index (χ3n) is 2.86. The Morgan fingerprint density at radius 2 is 2.07 bits per heavy atom. The standard InChI is InChI=1S/C11H17NO2/c1-8-2-3-10(14-8)11(12)9-4-6-13-7-5-9/h2-3,9,11H,4-7,12H2,1H3. The van der Waals surface area contributed by atoms with Crippen molar-refractivity contribution in [2.45, 2.75) is 25.8 Å². The highest BCUT2D eigenvalue weighted by molar-refractivity contribution is 5.10. The van der Waals surface area contributed by atoms with Crippen LogP contribution < -0.4 is 5.73 Å². The lowest BCUT2D eigenvalue weighted by Crippen LogP contribution is -2.27. The maximum absolute atomic E-state index is 6.13. The predicted molar refractivity (Wildman–Crippen MR) is 53.9 cm³/mol. The Kier molecular flexibility index (Phi) is 2.89. The Morgan fingerprint density at radius 1 is 1.36 bits per heavy atom. The van der Waals surface area contributed by atoms with Crippen LogP contribution >= 0.6 is 0 Å². The fraction of sp³-hybridized carbons (Fsp3) is 0.636. The van der Waals surface area contributed by atoms with E-state index in [1.54, 1.807) is 0 Å². The molecule has 1 atom stereocenters. The van der Waals surface area contributed by atoms with Crippen molar-refractivity contribution in [3.8, 4) is 0 Å². The smallest absolute Gasteiger partial charge is 0.121 e. The number of hydrogen-bond donors (Lipinski definition) is 1. The van der Waals surface area contributed by atoms with Crippen molar-refractivity contribution in [3.63, 3.8) is 0 Å². The SMILES string of the molecule is Cc1ccc(C(N)C2CCOCC2)o1. The summed E-state index contributed by atoms with van der Waals surface area (Å²) in [6, 6.07) is 3.98. The molecule has 0 radical (unpaired) electrons. The summed E-state index contributed by atoms with van der Waals surface area (Å²) in [7, 11) is 0. The summed E-state index contributed by atoms with van der Waals surface area (Å²) in [6.45, 7) is 3.61. The molecular weight excluding hydrogens is 178 g/mol. The van der Waals surface area contributed by atoms with Crippen molar-refractivity contribution in [3.05, 3.63) is 23.7 Å². The normalized spacial score (nSPS) is 21.0. The van der Waals surface area contributed by atoms with Gasteiger partial charge in [0, 0.05) is 13.2 Å². The van der Waals surface area contributed by atoms with Gasteiger partial charge in [0.15, 0.2) is 0 Å². The molecule has 0 amide bonds. The minimum atomic E-state index is 0.0348. The van der Waals surface area contributed by atoms with Crippen molar-refractivity contribution in [1.29, 1.82) is 0 Å². The van der Waals surface area contributed by atoms with Crippen LogP contribution in [-0.4, -0.2) is 13.2 Å². The van der Waals surface area contributed by atoms with Crippen LogP contribution in [-0.2, 0) is 4.74 Å². The van der Waals surface area contributed by atoms with E-state index in [9.17, 15) is 0 Å². The van der Waals surface area contributed by atoms with Crippen molar-refractivity contribution < 1.29 is 9.15 Å². The van der Waals surface area contributed by atoms with Crippen molar-refractivity contribution in [1.82, 2.24) is 0 Å². The second kappa shape index (κ2) is 4.15. The van der Waals surface area contributed by atoms with Crippen LogP contribution in [0.5, 0.6) is 0 Å². The Morgan fingerprint density at radius 3 is 2.64 bits per heavy atom. The van der Waals surface area contributed by atoms with Crippen LogP contribution in [0.3, 0.4) is 0 Å². The van der Waals surface area contributed by atoms with Crippen LogP contribution in [0.2, 0.25) is 0 Å². The molecule has 1 fully saturated rings. The van der Waals surface area contributed by atoms with Crippen molar-refractivity contribution in [2.75, 3.05) is 13.2 Å². The lowest BCUT2D eigenvalue weighted by Gasteiger charge is -2.26. The van der Waals surface area contributed by atoms with Gasteiger partial charge < -0.3 is 14.9 Å². The molecule has 2 heterocycles. The van der Waals surface area contributed by atoms with Gasteiger partial charge in [-0.15, -0.1) is 0 Å². The molecule has 1 aliphatic heterocycles. The largest absolute Gasteiger partial charge is 0.465 e. The molecule has 78 valence electrons. The molecule has 1 aromatic rings. The maximum Gasteiger partial charge on any atom is 0.121 e. The molecule has 1 unspecified atom stereocenters. The number of furan rings is 1. The molecule has 0 aromatic carbocycles. The first-order chi connectivity index (χ1) is 6.77. The maximum atomic E-state index is 6.13. The monoisotopic (exact) mass is 195 g/mol. The number of aryl methyl sites for hydroxylation is 1. The number of hydrogen-bond acceptors (Lipinski definition) is 3. The van der Waals surface area contributed by atoms with Crippen LogP contribution in [0, 0.1) is 12.8 Å². The van der Waals surface area contributed by atoms with E-state index < -0.39 is 0 Å². The molecule has 0 saturated carbocycles. The van der Waals surface area contributed by atoms with Crippen molar-refractivity contribution >= 4 is 0 Å². The average molecular weight is 195 g/mol. The van der Waals surface area contributed by atoms with E-state index in [0.29, 0.717) is 5.92 Å². The quantitative estimate of drug-likeness (QED) is 0.785. The minimum Gasteiger partial charge on any atom is -0.465 e. The van der Waals surface area contributed by atoms with Gasteiger partial charge in [0.25, 0.3) is 0 Å². The van der Waals surface area contributed by atoms with E-state index in [1.807, 2.05) is 19.1 Å². The Hall–Kier alpha value is -0.800. The Labute approximate surface area is 84.2 Å². The summed E-state index contributed by atoms with van der Waals surface area (Å²) in [4.78, 5) is 0.